The van der Waals surface area contributed by atoms with Gasteiger partial charge in [0.25, 0.3) is 0 Å². The lowest BCUT2D eigenvalue weighted by atomic mass is 10.1. The standard InChI is InChI=1S/C20H29N5O8/c1-10(27)16(25-17(29)12(21)8-15(22)28)19(31)24-14(9-26)18(30)23-13(20(32)33)7-11-5-3-2-4-6-11/h2-6,10,12-14,16,26-27H,7-9,21H2,1H3,(H2,22,28)(H,23,30)(H,24,31)(H,25,29)(H,32,33). The Hall–Kier alpha value is -3.55. The summed E-state index contributed by atoms with van der Waals surface area (Å²) in [6, 6.07) is 2.61. The van der Waals surface area contributed by atoms with Crippen molar-refractivity contribution >= 4 is 29.6 Å². The third-order valence-electron chi connectivity index (χ3n) is 4.53. The third kappa shape index (κ3) is 9.22. The van der Waals surface area contributed by atoms with E-state index in [1.165, 1.54) is 6.92 Å². The fraction of sp³-hybridized carbons (Fsp3) is 0.450. The lowest BCUT2D eigenvalue weighted by Crippen LogP contribution is -2.60. The first-order chi connectivity index (χ1) is 15.5. The maximum atomic E-state index is 12.5. The summed E-state index contributed by atoms with van der Waals surface area (Å²) in [5.74, 6) is -5.17. The van der Waals surface area contributed by atoms with Crippen LogP contribution in [0, 0.1) is 0 Å². The molecule has 1 aromatic rings. The van der Waals surface area contributed by atoms with E-state index >= 15 is 0 Å². The van der Waals surface area contributed by atoms with Gasteiger partial charge in [0.15, 0.2) is 0 Å². The minimum Gasteiger partial charge on any atom is -0.480 e. The van der Waals surface area contributed by atoms with Gasteiger partial charge in [-0.1, -0.05) is 30.3 Å². The Balaban J connectivity index is 2.84. The van der Waals surface area contributed by atoms with Crippen LogP contribution < -0.4 is 27.4 Å². The van der Waals surface area contributed by atoms with Crippen LogP contribution in [0.2, 0.25) is 0 Å². The number of aliphatic hydroxyl groups excluding tert-OH is 2. The highest BCUT2D eigenvalue weighted by atomic mass is 16.4. The van der Waals surface area contributed by atoms with Crippen LogP contribution in [0.15, 0.2) is 30.3 Å². The fourth-order valence-electron chi connectivity index (χ4n) is 2.75. The molecule has 0 saturated heterocycles. The van der Waals surface area contributed by atoms with E-state index < -0.39 is 72.9 Å². The molecule has 0 bridgehead atoms. The number of amides is 4. The summed E-state index contributed by atoms with van der Waals surface area (Å²) in [7, 11) is 0. The number of rotatable bonds is 13. The molecular formula is C20H29N5O8. The highest BCUT2D eigenvalue weighted by molar-refractivity contribution is 5.95. The van der Waals surface area contributed by atoms with E-state index in [1.54, 1.807) is 30.3 Å². The highest BCUT2D eigenvalue weighted by Crippen LogP contribution is 2.04. The van der Waals surface area contributed by atoms with Gasteiger partial charge in [-0.2, -0.15) is 0 Å². The summed E-state index contributed by atoms with van der Waals surface area (Å²) >= 11 is 0. The number of hydrogen-bond acceptors (Lipinski definition) is 8. The SMILES string of the molecule is CC(O)C(NC(=O)C(N)CC(N)=O)C(=O)NC(CO)C(=O)NC(Cc1ccccc1)C(=O)O. The smallest absolute Gasteiger partial charge is 0.326 e. The first-order valence-electron chi connectivity index (χ1n) is 9.96. The van der Waals surface area contributed by atoms with Crippen molar-refractivity contribution < 1.29 is 39.3 Å². The molecule has 1 rings (SSSR count). The number of carboxylic acids is 1. The minimum absolute atomic E-state index is 0.0435. The second kappa shape index (κ2) is 13.1. The van der Waals surface area contributed by atoms with Gasteiger partial charge in [-0.15, -0.1) is 0 Å². The van der Waals surface area contributed by atoms with Crippen LogP contribution in [0.5, 0.6) is 0 Å². The Kier molecular flexibility index (Phi) is 10.9. The van der Waals surface area contributed by atoms with Gasteiger partial charge < -0.3 is 42.7 Å². The van der Waals surface area contributed by atoms with Crippen molar-refractivity contribution in [3.8, 4) is 0 Å². The van der Waals surface area contributed by atoms with Crippen molar-refractivity contribution in [1.29, 1.82) is 0 Å². The highest BCUT2D eigenvalue weighted by Gasteiger charge is 2.32. The van der Waals surface area contributed by atoms with Gasteiger partial charge in [0, 0.05) is 6.42 Å². The Bertz CT molecular complexity index is 848. The molecule has 13 nitrogen and oxygen atoms in total. The second-order valence-corrected chi connectivity index (χ2v) is 7.34. The predicted octanol–water partition coefficient (Wildman–Crippen LogP) is -3.66. The van der Waals surface area contributed by atoms with E-state index in [-0.39, 0.29) is 6.42 Å². The number of primary amides is 1. The van der Waals surface area contributed by atoms with Crippen LogP contribution >= 0.6 is 0 Å². The first kappa shape index (κ1) is 27.5. The summed E-state index contributed by atoms with van der Waals surface area (Å²) in [6.45, 7) is 0.287. The van der Waals surface area contributed by atoms with Gasteiger partial charge in [0.1, 0.15) is 18.1 Å². The molecule has 0 aliphatic carbocycles. The summed E-state index contributed by atoms with van der Waals surface area (Å²) in [5, 5.41) is 35.3. The quantitative estimate of drug-likeness (QED) is 0.142. The zero-order chi connectivity index (χ0) is 25.1. The molecule has 4 amide bonds. The molecule has 0 aromatic heterocycles. The van der Waals surface area contributed by atoms with Gasteiger partial charge in [0.2, 0.25) is 23.6 Å². The molecule has 0 aliphatic heterocycles. The topological polar surface area (TPSA) is 234 Å². The van der Waals surface area contributed by atoms with Gasteiger partial charge in [0.05, 0.1) is 25.2 Å². The Morgan fingerprint density at radius 1 is 0.939 bits per heavy atom. The summed E-state index contributed by atoms with van der Waals surface area (Å²) in [5.41, 5.74) is 11.1. The fourth-order valence-corrected chi connectivity index (χ4v) is 2.75. The lowest BCUT2D eigenvalue weighted by molar-refractivity contribution is -0.142. The normalized spacial score (nSPS) is 15.3. The van der Waals surface area contributed by atoms with Crippen LogP contribution in [0.25, 0.3) is 0 Å². The number of benzene rings is 1. The molecule has 1 aromatic carbocycles. The number of carboxylic acid groups (broad SMARTS) is 1. The number of carbonyl (C=O) groups is 5. The molecule has 0 aliphatic rings. The molecule has 0 radical (unpaired) electrons. The van der Waals surface area contributed by atoms with E-state index in [0.717, 1.165) is 0 Å². The number of aliphatic carboxylic acids is 1. The molecule has 13 heteroatoms. The maximum absolute atomic E-state index is 12.5. The Labute approximate surface area is 189 Å². The van der Waals surface area contributed by atoms with Crippen molar-refractivity contribution in [2.75, 3.05) is 6.61 Å². The Morgan fingerprint density at radius 3 is 2.00 bits per heavy atom. The van der Waals surface area contributed by atoms with Crippen molar-refractivity contribution in [3.63, 3.8) is 0 Å². The van der Waals surface area contributed by atoms with E-state index in [1.807, 2.05) is 0 Å². The molecule has 0 saturated carbocycles. The molecule has 5 unspecified atom stereocenters. The van der Waals surface area contributed by atoms with Crippen molar-refractivity contribution in [2.45, 2.75) is 50.0 Å². The molecule has 5 atom stereocenters. The summed E-state index contributed by atoms with van der Waals surface area (Å²) in [6.07, 6.45) is -1.99. The summed E-state index contributed by atoms with van der Waals surface area (Å²) in [4.78, 5) is 59.5. The zero-order valence-electron chi connectivity index (χ0n) is 17.9. The molecule has 0 fully saturated rings. The van der Waals surface area contributed by atoms with Gasteiger partial charge in [-0.3, -0.25) is 19.2 Å². The lowest BCUT2D eigenvalue weighted by Gasteiger charge is -2.25. The maximum Gasteiger partial charge on any atom is 0.326 e. The molecular weight excluding hydrogens is 438 g/mol. The third-order valence-corrected chi connectivity index (χ3v) is 4.53. The minimum atomic E-state index is -1.59. The van der Waals surface area contributed by atoms with Crippen molar-refractivity contribution in [3.05, 3.63) is 35.9 Å². The molecule has 0 heterocycles. The molecule has 182 valence electrons. The number of nitrogens with two attached hydrogens (primary N) is 2. The number of nitrogens with one attached hydrogen (secondary N) is 3. The van der Waals surface area contributed by atoms with Crippen LogP contribution in [-0.2, 0) is 30.4 Å². The van der Waals surface area contributed by atoms with Crippen LogP contribution in [0.4, 0.5) is 0 Å². The predicted molar refractivity (Wildman–Crippen MR) is 114 cm³/mol. The van der Waals surface area contributed by atoms with E-state index in [4.69, 9.17) is 11.5 Å². The van der Waals surface area contributed by atoms with Gasteiger partial charge in [-0.05, 0) is 12.5 Å². The van der Waals surface area contributed by atoms with Crippen LogP contribution in [0.3, 0.4) is 0 Å². The zero-order valence-corrected chi connectivity index (χ0v) is 17.9. The Morgan fingerprint density at radius 2 is 1.52 bits per heavy atom. The average Bonchev–Trinajstić information content (AvgIpc) is 2.74. The van der Waals surface area contributed by atoms with Crippen LogP contribution in [0.1, 0.15) is 18.9 Å². The molecule has 0 spiro atoms. The number of aliphatic hydroxyl groups is 2. The van der Waals surface area contributed by atoms with Gasteiger partial charge in [-0.25, -0.2) is 4.79 Å². The second-order valence-electron chi connectivity index (χ2n) is 7.34. The number of carbonyl (C=O) groups excluding carboxylic acids is 4. The largest absolute Gasteiger partial charge is 0.480 e. The van der Waals surface area contributed by atoms with Gasteiger partial charge >= 0.3 is 5.97 Å². The van der Waals surface area contributed by atoms with Crippen molar-refractivity contribution in [2.24, 2.45) is 11.5 Å². The number of hydrogen-bond donors (Lipinski definition) is 8. The molecule has 33 heavy (non-hydrogen) atoms. The van der Waals surface area contributed by atoms with E-state index in [2.05, 4.69) is 16.0 Å². The van der Waals surface area contributed by atoms with Crippen molar-refractivity contribution in [1.82, 2.24) is 16.0 Å². The summed E-state index contributed by atoms with van der Waals surface area (Å²) < 4.78 is 0. The monoisotopic (exact) mass is 467 g/mol. The first-order valence-corrected chi connectivity index (χ1v) is 9.96. The van der Waals surface area contributed by atoms with Crippen LogP contribution in [-0.4, -0.2) is 81.8 Å². The van der Waals surface area contributed by atoms with E-state index in [9.17, 15) is 39.3 Å². The molecule has 10 N–H and O–H groups in total. The van der Waals surface area contributed by atoms with E-state index in [0.29, 0.717) is 5.56 Å². The average molecular weight is 467 g/mol.